The molecule has 0 radical (unpaired) electrons. The van der Waals surface area contributed by atoms with E-state index >= 15 is 0 Å². The van der Waals surface area contributed by atoms with Crippen LogP contribution in [0.2, 0.25) is 0 Å². The lowest BCUT2D eigenvalue weighted by Crippen LogP contribution is -2.10. The molecule has 0 spiro atoms. The van der Waals surface area contributed by atoms with Crippen molar-refractivity contribution in [3.8, 4) is 57.3 Å². The zero-order valence-corrected chi connectivity index (χ0v) is 41.8. The van der Waals surface area contributed by atoms with Gasteiger partial charge >= 0.3 is 0 Å². The molecule has 0 bridgehead atoms. The summed E-state index contributed by atoms with van der Waals surface area (Å²) < 4.78 is 48.6. The monoisotopic (exact) mass is 1140 g/mol. The number of carbonyl (C=O) groups is 1. The lowest BCUT2D eigenvalue weighted by atomic mass is 10.1. The molecule has 346 valence electrons. The largest absolute Gasteiger partial charge is 0.507 e. The Kier molecular flexibility index (Phi) is 17.0. The predicted octanol–water partition coefficient (Wildman–Crippen LogP) is 12.7. The van der Waals surface area contributed by atoms with Crippen molar-refractivity contribution in [3.63, 3.8) is 0 Å². The molecule has 0 fully saturated rings. The second-order valence-corrected chi connectivity index (χ2v) is 17.4. The number of phenols is 1. The molecule has 0 saturated heterocycles. The first-order valence-corrected chi connectivity index (χ1v) is 23.2. The van der Waals surface area contributed by atoms with Crippen molar-refractivity contribution in [2.24, 2.45) is 0 Å². The number of allylic oxidation sites excluding steroid dienone is 1. The Hall–Kier alpha value is -6.98. The summed E-state index contributed by atoms with van der Waals surface area (Å²) >= 11 is 4.27. The van der Waals surface area contributed by atoms with Crippen molar-refractivity contribution in [1.82, 2.24) is 0 Å². The third-order valence-corrected chi connectivity index (χ3v) is 11.7. The van der Waals surface area contributed by atoms with E-state index in [1.807, 2.05) is 103 Å². The van der Waals surface area contributed by atoms with E-state index in [1.54, 1.807) is 83.0 Å². The van der Waals surface area contributed by atoms with Crippen molar-refractivity contribution in [1.29, 1.82) is 0 Å². The molecule has 0 unspecified atom stereocenters. The fraction of sp³-hybridized carbons (Fsp3) is 0.127. The quantitative estimate of drug-likeness (QED) is 0.0531. The Morgan fingerprint density at radius 2 is 1.00 bits per heavy atom. The fourth-order valence-electron chi connectivity index (χ4n) is 6.93. The van der Waals surface area contributed by atoms with Gasteiger partial charge in [0.25, 0.3) is 0 Å². The van der Waals surface area contributed by atoms with Crippen molar-refractivity contribution < 1.29 is 47.5 Å². The van der Waals surface area contributed by atoms with Crippen molar-refractivity contribution in [2.75, 3.05) is 28.4 Å². The van der Waals surface area contributed by atoms with Crippen LogP contribution in [0.4, 0.5) is 0 Å². The number of ether oxygens (including phenoxy) is 7. The zero-order chi connectivity index (χ0) is 48.0. The predicted molar refractivity (Wildman–Crippen MR) is 280 cm³/mol. The number of phenolic OH excluding ortho intramolecular Hbond substituents is 1. The first-order valence-electron chi connectivity index (χ1n) is 21.1. The highest BCUT2D eigenvalue weighted by molar-refractivity contribution is 14.1. The lowest BCUT2D eigenvalue weighted by Gasteiger charge is -2.17. The summed E-state index contributed by atoms with van der Waals surface area (Å²) in [4.78, 5) is 26.1. The highest BCUT2D eigenvalue weighted by atomic mass is 127. The van der Waals surface area contributed by atoms with Crippen LogP contribution in [0.1, 0.15) is 32.6 Å². The van der Waals surface area contributed by atoms with Gasteiger partial charge in [0, 0.05) is 12.7 Å². The van der Waals surface area contributed by atoms with Gasteiger partial charge in [-0.3, -0.25) is 9.59 Å². The maximum atomic E-state index is 13.6. The number of hydrogen-bond donors (Lipinski definition) is 1. The molecule has 7 aromatic carbocycles. The maximum Gasteiger partial charge on any atom is 0.235 e. The van der Waals surface area contributed by atoms with Gasteiger partial charge in [-0.25, -0.2) is 0 Å². The SMILES string of the molecule is COc1cc(-c2oc3cc(I)ccc3c(=O)c2OCc2ccccc2)cc(OC)c1OCc1ccccc1.COc1cc(/C=C/C(=O)c2ccc(I)cc2O)cc(OC)c1OCc1ccccc1. The average Bonchev–Trinajstić information content (AvgIpc) is 3.37. The van der Waals surface area contributed by atoms with Crippen LogP contribution in [-0.4, -0.2) is 39.3 Å². The summed E-state index contributed by atoms with van der Waals surface area (Å²) in [5.74, 6) is 2.86. The fourth-order valence-corrected chi connectivity index (χ4v) is 7.86. The molecule has 13 heteroatoms. The van der Waals surface area contributed by atoms with Gasteiger partial charge < -0.3 is 42.7 Å². The summed E-state index contributed by atoms with van der Waals surface area (Å²) in [6.45, 7) is 0.913. The summed E-state index contributed by atoms with van der Waals surface area (Å²) in [5, 5.41) is 10.4. The Balaban J connectivity index is 0.000000207. The third kappa shape index (κ3) is 12.3. The van der Waals surface area contributed by atoms with Crippen molar-refractivity contribution >= 4 is 68.0 Å². The number of carbonyl (C=O) groups excluding carboxylic acids is 1. The van der Waals surface area contributed by atoms with Crippen molar-refractivity contribution in [3.05, 3.63) is 203 Å². The number of rotatable bonds is 17. The van der Waals surface area contributed by atoms with E-state index < -0.39 is 0 Å². The first-order chi connectivity index (χ1) is 33.1. The normalized spacial score (nSPS) is 10.8. The molecule has 8 aromatic rings. The zero-order valence-electron chi connectivity index (χ0n) is 37.5. The van der Waals surface area contributed by atoms with Crippen LogP contribution >= 0.6 is 45.2 Å². The summed E-state index contributed by atoms with van der Waals surface area (Å²) in [6.07, 6.45) is 3.05. The van der Waals surface area contributed by atoms with Gasteiger partial charge in [0.05, 0.1) is 39.4 Å². The number of halogens is 2. The highest BCUT2D eigenvalue weighted by Crippen LogP contribution is 2.44. The summed E-state index contributed by atoms with van der Waals surface area (Å²) in [6, 6.07) is 46.7. The van der Waals surface area contributed by atoms with Gasteiger partial charge in [0.15, 0.2) is 34.5 Å². The summed E-state index contributed by atoms with van der Waals surface area (Å²) in [5.41, 5.74) is 4.68. The second kappa shape index (κ2) is 23.7. The van der Waals surface area contributed by atoms with Crippen LogP contribution in [-0.2, 0) is 19.8 Å². The molecular weight excluding hydrogens is 1090 g/mol. The molecule has 1 heterocycles. The van der Waals surface area contributed by atoms with Gasteiger partial charge in [0.1, 0.15) is 31.2 Å². The molecule has 0 atom stereocenters. The van der Waals surface area contributed by atoms with Crippen LogP contribution in [0.5, 0.6) is 46.0 Å². The number of methoxy groups -OCH3 is 4. The molecule has 1 N–H and O–H groups in total. The molecular formula is C55H46I2O11. The molecule has 0 aliphatic heterocycles. The van der Waals surface area contributed by atoms with E-state index in [0.717, 1.165) is 23.8 Å². The van der Waals surface area contributed by atoms with Crippen LogP contribution < -0.4 is 38.6 Å². The average molecular weight is 1140 g/mol. The number of fused-ring (bicyclic) bond motifs is 1. The Labute approximate surface area is 421 Å². The number of ketones is 1. The number of aromatic hydroxyl groups is 1. The van der Waals surface area contributed by atoms with Crippen LogP contribution in [0, 0.1) is 7.14 Å². The molecule has 68 heavy (non-hydrogen) atoms. The molecule has 1 aromatic heterocycles. The molecule has 0 aliphatic rings. The smallest absolute Gasteiger partial charge is 0.235 e. The Morgan fingerprint density at radius 1 is 0.559 bits per heavy atom. The van der Waals surface area contributed by atoms with Gasteiger partial charge in [0.2, 0.25) is 22.7 Å². The molecule has 11 nitrogen and oxygen atoms in total. The van der Waals surface area contributed by atoms with Gasteiger partial charge in [-0.15, -0.1) is 0 Å². The standard InChI is InChI=1S/C31H25IO6.C24H21IO5/c1-34-26-15-22(16-27(35-2)30(26)36-18-20-9-5-3-6-10-20)29-31(37-19-21-11-7-4-8-12-21)28(33)24-14-13-23(32)17-25(24)38-29;1-28-22-12-17(8-11-20(26)19-10-9-18(25)14-21(19)27)13-23(29-2)24(22)30-15-16-6-4-3-5-7-16/h3-17H,18-19H2,1-2H3;3-14,27H,15H2,1-2H3/b;11-8+. The van der Waals surface area contributed by atoms with E-state index in [2.05, 4.69) is 45.2 Å². The topological polar surface area (TPSA) is 132 Å². The van der Waals surface area contributed by atoms with Crippen LogP contribution in [0.3, 0.4) is 0 Å². The molecule has 0 saturated carbocycles. The van der Waals surface area contributed by atoms with E-state index in [9.17, 15) is 14.7 Å². The minimum Gasteiger partial charge on any atom is -0.507 e. The van der Waals surface area contributed by atoms with Gasteiger partial charge in [-0.05, 0) is 134 Å². The van der Waals surface area contributed by atoms with Gasteiger partial charge in [-0.1, -0.05) is 97.1 Å². The minimum atomic E-state index is -0.300. The lowest BCUT2D eigenvalue weighted by molar-refractivity contribution is 0.104. The van der Waals surface area contributed by atoms with E-state index in [1.165, 1.54) is 6.08 Å². The maximum absolute atomic E-state index is 13.6. The molecule has 8 rings (SSSR count). The number of benzene rings is 7. The molecule has 0 amide bonds. The molecule has 0 aliphatic carbocycles. The Morgan fingerprint density at radius 3 is 1.47 bits per heavy atom. The minimum absolute atomic E-state index is 0.0450. The first kappa shape index (κ1) is 48.9. The van der Waals surface area contributed by atoms with Crippen molar-refractivity contribution in [2.45, 2.75) is 19.8 Å². The third-order valence-electron chi connectivity index (χ3n) is 10.3. The second-order valence-electron chi connectivity index (χ2n) is 14.9. The van der Waals surface area contributed by atoms with Crippen LogP contribution in [0.15, 0.2) is 167 Å². The highest BCUT2D eigenvalue weighted by Gasteiger charge is 2.23. The van der Waals surface area contributed by atoms with E-state index in [0.29, 0.717) is 69.8 Å². The van der Waals surface area contributed by atoms with Crippen LogP contribution in [0.25, 0.3) is 28.4 Å². The van der Waals surface area contributed by atoms with E-state index in [-0.39, 0.29) is 40.6 Å². The van der Waals surface area contributed by atoms with Gasteiger partial charge in [-0.2, -0.15) is 0 Å². The summed E-state index contributed by atoms with van der Waals surface area (Å²) in [7, 11) is 6.21. The Bertz CT molecular complexity index is 3030. The van der Waals surface area contributed by atoms with E-state index in [4.69, 9.17) is 37.6 Å². The number of hydrogen-bond acceptors (Lipinski definition) is 11.